The molecule has 2 aliphatic rings. The highest BCUT2D eigenvalue weighted by atomic mass is 19.1. The topological polar surface area (TPSA) is 22.6 Å². The number of aromatic nitrogens is 1. The zero-order valence-electron chi connectivity index (χ0n) is 32.0. The van der Waals surface area contributed by atoms with Crippen LogP contribution in [-0.4, -0.2) is 4.98 Å². The van der Waals surface area contributed by atoms with Crippen LogP contribution in [0.1, 0.15) is 22.3 Å². The Hall–Kier alpha value is -7.76. The average Bonchev–Trinajstić information content (AvgIpc) is 3.58. The van der Waals surface area contributed by atoms with Gasteiger partial charge in [-0.3, -0.25) is 4.98 Å². The van der Waals surface area contributed by atoms with Crippen molar-refractivity contribution in [2.45, 2.75) is 5.41 Å². The van der Waals surface area contributed by atoms with Gasteiger partial charge in [-0.25, -0.2) is 4.39 Å². The first-order chi connectivity index (χ1) is 29.2. The molecule has 0 bridgehead atoms. The Morgan fingerprint density at radius 2 is 0.847 bits per heavy atom. The zero-order valence-corrected chi connectivity index (χ0v) is 32.0. The first-order valence-corrected chi connectivity index (χ1v) is 19.9. The number of hydrogen-bond acceptors (Lipinski definition) is 4. The maximum absolute atomic E-state index is 16.1. The minimum atomic E-state index is -0.935. The first-order valence-electron chi connectivity index (χ1n) is 19.9. The summed E-state index contributed by atoms with van der Waals surface area (Å²) in [5, 5.41) is 0. The van der Waals surface area contributed by atoms with Crippen LogP contribution < -0.4 is 14.7 Å². The molecular weight excluding hydrogens is 724 g/mol. The maximum Gasteiger partial charge on any atom is 0.123 e. The Morgan fingerprint density at radius 1 is 0.390 bits per heavy atom. The van der Waals surface area contributed by atoms with Crippen LogP contribution in [0.2, 0.25) is 0 Å². The molecule has 0 radical (unpaired) electrons. The van der Waals surface area contributed by atoms with E-state index in [2.05, 4.69) is 190 Å². The van der Waals surface area contributed by atoms with Gasteiger partial charge in [-0.1, -0.05) is 97.1 Å². The van der Waals surface area contributed by atoms with Crippen molar-refractivity contribution < 1.29 is 4.39 Å². The molecule has 1 spiro atoms. The maximum atomic E-state index is 16.1. The predicted octanol–water partition coefficient (Wildman–Crippen LogP) is 14.3. The van der Waals surface area contributed by atoms with Crippen molar-refractivity contribution in [2.24, 2.45) is 0 Å². The first kappa shape index (κ1) is 34.5. The van der Waals surface area contributed by atoms with Gasteiger partial charge in [-0.05, 0) is 143 Å². The second kappa shape index (κ2) is 14.0. The lowest BCUT2D eigenvalue weighted by Gasteiger charge is -2.46. The van der Waals surface area contributed by atoms with E-state index in [1.165, 1.54) is 0 Å². The molecule has 0 saturated heterocycles. The van der Waals surface area contributed by atoms with Crippen LogP contribution in [0.15, 0.2) is 225 Å². The molecule has 0 saturated carbocycles. The van der Waals surface area contributed by atoms with E-state index < -0.39 is 5.41 Å². The summed E-state index contributed by atoms with van der Waals surface area (Å²) in [6.07, 6.45) is 3.82. The monoisotopic (exact) mass is 760 g/mol. The molecule has 2 heterocycles. The molecule has 11 rings (SSSR count). The Balaban J connectivity index is 1.27. The molecule has 9 aromatic rings. The Labute approximate surface area is 343 Å². The van der Waals surface area contributed by atoms with E-state index in [0.29, 0.717) is 0 Å². The van der Waals surface area contributed by atoms with Crippen LogP contribution in [0.5, 0.6) is 0 Å². The minimum absolute atomic E-state index is 0.282. The summed E-state index contributed by atoms with van der Waals surface area (Å²) in [6, 6.07) is 73.4. The van der Waals surface area contributed by atoms with E-state index in [9.17, 15) is 0 Å². The van der Waals surface area contributed by atoms with Gasteiger partial charge < -0.3 is 14.7 Å². The molecule has 1 aromatic heterocycles. The van der Waals surface area contributed by atoms with Crippen LogP contribution in [0.4, 0.5) is 55.6 Å². The van der Waals surface area contributed by atoms with Crippen LogP contribution in [0, 0.1) is 5.82 Å². The van der Waals surface area contributed by atoms with Gasteiger partial charge in [0.1, 0.15) is 5.82 Å². The van der Waals surface area contributed by atoms with Crippen LogP contribution >= 0.6 is 0 Å². The molecule has 0 fully saturated rings. The number of anilines is 9. The molecule has 1 aliphatic carbocycles. The van der Waals surface area contributed by atoms with Gasteiger partial charge in [-0.2, -0.15) is 0 Å². The van der Waals surface area contributed by atoms with E-state index in [0.717, 1.165) is 84.6 Å². The number of para-hydroxylation sites is 5. The third kappa shape index (κ3) is 5.47. The van der Waals surface area contributed by atoms with E-state index >= 15 is 4.39 Å². The largest absolute Gasteiger partial charge is 0.310 e. The SMILES string of the molecule is Fc1ccc2c(c1)C1(c3ccncc3-2)c2cc(N(c3ccccc3)c3ccccc3)ccc2N(c2ccccc2)c2ccc(N(c3ccccc3)c3ccccc3)cc21. The van der Waals surface area contributed by atoms with Crippen LogP contribution in [0.25, 0.3) is 11.1 Å². The molecule has 8 aromatic carbocycles. The standard InChI is InChI=1S/C54H37FN4/c55-38-26-29-46-47-37-56-33-32-48(47)54(49(46)34-38)50-35-44(57(39-16-6-1-7-17-39)40-18-8-2-9-19-40)27-30-52(50)59(43-24-14-5-15-25-43)53-31-28-45(36-51(53)54)58(41-20-10-3-11-21-41)42-22-12-4-13-23-42/h1-37H. The minimum Gasteiger partial charge on any atom is -0.310 e. The van der Waals surface area contributed by atoms with Crippen molar-refractivity contribution in [1.82, 2.24) is 4.98 Å². The molecular formula is C54H37FN4. The van der Waals surface area contributed by atoms with E-state index in [-0.39, 0.29) is 5.82 Å². The molecule has 1 aliphatic heterocycles. The molecule has 59 heavy (non-hydrogen) atoms. The third-order valence-corrected chi connectivity index (χ3v) is 11.7. The summed E-state index contributed by atoms with van der Waals surface area (Å²) >= 11 is 0. The number of pyridine rings is 1. The van der Waals surface area contributed by atoms with Crippen molar-refractivity contribution in [1.29, 1.82) is 0 Å². The Bertz CT molecular complexity index is 2740. The summed E-state index contributed by atoms with van der Waals surface area (Å²) in [5.74, 6) is -0.282. The normalized spacial score (nSPS) is 12.9. The van der Waals surface area contributed by atoms with Gasteiger partial charge in [0.2, 0.25) is 0 Å². The molecule has 0 N–H and O–H groups in total. The van der Waals surface area contributed by atoms with Crippen molar-refractivity contribution in [2.75, 3.05) is 14.7 Å². The van der Waals surface area contributed by atoms with E-state index in [1.807, 2.05) is 42.7 Å². The van der Waals surface area contributed by atoms with Gasteiger partial charge in [-0.15, -0.1) is 0 Å². The Kier molecular flexibility index (Phi) is 8.19. The number of fused-ring (bicyclic) bond motifs is 9. The van der Waals surface area contributed by atoms with Gasteiger partial charge in [0, 0.05) is 57.8 Å². The smallest absolute Gasteiger partial charge is 0.123 e. The predicted molar refractivity (Wildman–Crippen MR) is 239 cm³/mol. The highest BCUT2D eigenvalue weighted by molar-refractivity contribution is 5.98. The van der Waals surface area contributed by atoms with Gasteiger partial charge in [0.15, 0.2) is 0 Å². The second-order valence-electron chi connectivity index (χ2n) is 14.9. The molecule has 0 atom stereocenters. The summed E-state index contributed by atoms with van der Waals surface area (Å²) in [5.41, 5.74) is 14.3. The van der Waals surface area contributed by atoms with Gasteiger partial charge in [0.05, 0.1) is 16.8 Å². The summed E-state index contributed by atoms with van der Waals surface area (Å²) in [7, 11) is 0. The van der Waals surface area contributed by atoms with Gasteiger partial charge in [0.25, 0.3) is 0 Å². The molecule has 0 unspecified atom stereocenters. The van der Waals surface area contributed by atoms with Crippen molar-refractivity contribution in [3.05, 3.63) is 253 Å². The number of nitrogens with zero attached hydrogens (tertiary/aromatic N) is 4. The fourth-order valence-electron chi connectivity index (χ4n) is 9.37. The molecule has 0 amide bonds. The van der Waals surface area contributed by atoms with E-state index in [4.69, 9.17) is 0 Å². The van der Waals surface area contributed by atoms with Crippen LogP contribution in [0.3, 0.4) is 0 Å². The zero-order chi connectivity index (χ0) is 39.3. The summed E-state index contributed by atoms with van der Waals surface area (Å²) < 4.78 is 16.1. The number of rotatable bonds is 7. The second-order valence-corrected chi connectivity index (χ2v) is 14.9. The highest BCUT2D eigenvalue weighted by Crippen LogP contribution is 2.64. The summed E-state index contributed by atoms with van der Waals surface area (Å²) in [4.78, 5) is 11.6. The third-order valence-electron chi connectivity index (χ3n) is 11.7. The summed E-state index contributed by atoms with van der Waals surface area (Å²) in [6.45, 7) is 0. The lowest BCUT2D eigenvalue weighted by Crippen LogP contribution is -2.36. The average molecular weight is 761 g/mol. The molecule has 5 heteroatoms. The van der Waals surface area contributed by atoms with E-state index in [1.54, 1.807) is 12.1 Å². The van der Waals surface area contributed by atoms with Crippen LogP contribution in [-0.2, 0) is 5.41 Å². The van der Waals surface area contributed by atoms with Crippen molar-refractivity contribution in [3.63, 3.8) is 0 Å². The fourth-order valence-corrected chi connectivity index (χ4v) is 9.37. The fraction of sp³-hybridized carbons (Fsp3) is 0.0185. The molecule has 4 nitrogen and oxygen atoms in total. The molecule has 280 valence electrons. The van der Waals surface area contributed by atoms with Crippen molar-refractivity contribution >= 4 is 51.2 Å². The quantitative estimate of drug-likeness (QED) is 0.161. The number of benzene rings is 8. The Morgan fingerprint density at radius 3 is 1.32 bits per heavy atom. The number of halogens is 1. The van der Waals surface area contributed by atoms with Crippen molar-refractivity contribution in [3.8, 4) is 11.1 Å². The lowest BCUT2D eigenvalue weighted by molar-refractivity contribution is 0.621. The highest BCUT2D eigenvalue weighted by Gasteiger charge is 2.52. The lowest BCUT2D eigenvalue weighted by atomic mass is 9.64. The van der Waals surface area contributed by atoms with Gasteiger partial charge >= 0.3 is 0 Å². The number of hydrogen-bond donors (Lipinski definition) is 0.